The highest BCUT2D eigenvalue weighted by atomic mass is 35.5. The summed E-state index contributed by atoms with van der Waals surface area (Å²) in [5, 5.41) is 4.87. The molecule has 0 saturated carbocycles. The molecule has 0 N–H and O–H groups in total. The Morgan fingerprint density at radius 3 is 2.81 bits per heavy atom. The summed E-state index contributed by atoms with van der Waals surface area (Å²) in [6.45, 7) is 6.45. The number of rotatable bonds is 3. The molecule has 2 rings (SSSR count). The van der Waals surface area contributed by atoms with Crippen molar-refractivity contribution in [3.05, 3.63) is 28.7 Å². The molecule has 16 heavy (non-hydrogen) atoms. The molecule has 0 spiro atoms. The van der Waals surface area contributed by atoms with Gasteiger partial charge in [0, 0.05) is 11.3 Å². The van der Waals surface area contributed by atoms with Gasteiger partial charge in [0.15, 0.2) is 5.65 Å². The zero-order valence-electron chi connectivity index (χ0n) is 9.87. The summed E-state index contributed by atoms with van der Waals surface area (Å²) in [5.41, 5.74) is 3.08. The maximum Gasteiger partial charge on any atom is 0.160 e. The smallest absolute Gasteiger partial charge is 0.160 e. The quantitative estimate of drug-likeness (QED) is 0.768. The van der Waals surface area contributed by atoms with Crippen LogP contribution in [0.5, 0.6) is 0 Å². The summed E-state index contributed by atoms with van der Waals surface area (Å²) < 4.78 is 1.70. The molecule has 0 radical (unpaired) electrons. The van der Waals surface area contributed by atoms with Crippen LogP contribution in [0.4, 0.5) is 0 Å². The lowest BCUT2D eigenvalue weighted by Crippen LogP contribution is -2.02. The molecular weight excluding hydrogens is 222 g/mol. The summed E-state index contributed by atoms with van der Waals surface area (Å²) in [4.78, 5) is 4.62. The van der Waals surface area contributed by atoms with Gasteiger partial charge in [0.05, 0.1) is 6.20 Å². The van der Waals surface area contributed by atoms with E-state index in [9.17, 15) is 0 Å². The van der Waals surface area contributed by atoms with Gasteiger partial charge in [-0.2, -0.15) is 5.10 Å². The second-order valence-electron chi connectivity index (χ2n) is 4.43. The van der Waals surface area contributed by atoms with Crippen molar-refractivity contribution >= 4 is 17.2 Å². The maximum atomic E-state index is 6.18. The zero-order chi connectivity index (χ0) is 11.7. The van der Waals surface area contributed by atoms with Crippen molar-refractivity contribution in [1.29, 1.82) is 0 Å². The second-order valence-corrected chi connectivity index (χ2v) is 4.81. The van der Waals surface area contributed by atoms with Gasteiger partial charge in [0.2, 0.25) is 0 Å². The summed E-state index contributed by atoms with van der Waals surface area (Å²) in [7, 11) is 0. The summed E-state index contributed by atoms with van der Waals surface area (Å²) in [6.07, 6.45) is 3.72. The molecule has 0 aliphatic rings. The topological polar surface area (TPSA) is 30.2 Å². The molecular formula is C12H16ClN3. The molecule has 86 valence electrons. The van der Waals surface area contributed by atoms with E-state index in [0.717, 1.165) is 29.7 Å². The van der Waals surface area contributed by atoms with Gasteiger partial charge in [-0.25, -0.2) is 9.50 Å². The predicted molar refractivity (Wildman–Crippen MR) is 65.9 cm³/mol. The molecule has 2 aromatic rings. The third-order valence-corrected chi connectivity index (χ3v) is 2.82. The third kappa shape index (κ3) is 2.05. The van der Waals surface area contributed by atoms with Crippen molar-refractivity contribution in [1.82, 2.24) is 14.6 Å². The van der Waals surface area contributed by atoms with Gasteiger partial charge in [-0.15, -0.1) is 0 Å². The molecule has 0 bridgehead atoms. The summed E-state index contributed by atoms with van der Waals surface area (Å²) in [6, 6.07) is 1.90. The minimum absolute atomic E-state index is 0.582. The Balaban J connectivity index is 2.54. The Bertz CT molecular complexity index is 502. The molecule has 2 heterocycles. The zero-order valence-corrected chi connectivity index (χ0v) is 10.6. The Kier molecular flexibility index (Phi) is 3.15. The molecule has 0 unspecified atom stereocenters. The van der Waals surface area contributed by atoms with E-state index in [4.69, 9.17) is 11.6 Å². The normalized spacial score (nSPS) is 11.6. The molecule has 0 aliphatic heterocycles. The van der Waals surface area contributed by atoms with E-state index in [1.165, 1.54) is 0 Å². The largest absolute Gasteiger partial charge is 0.233 e. The van der Waals surface area contributed by atoms with E-state index in [1.54, 1.807) is 4.52 Å². The molecule has 4 heteroatoms. The lowest BCUT2D eigenvalue weighted by atomic mass is 10.1. The van der Waals surface area contributed by atoms with Crippen molar-refractivity contribution in [2.75, 3.05) is 0 Å². The summed E-state index contributed by atoms with van der Waals surface area (Å²) >= 11 is 6.18. The first-order chi connectivity index (χ1) is 7.61. The van der Waals surface area contributed by atoms with Crippen LogP contribution >= 0.6 is 11.6 Å². The van der Waals surface area contributed by atoms with Crippen LogP contribution < -0.4 is 0 Å². The van der Waals surface area contributed by atoms with Crippen molar-refractivity contribution in [2.45, 2.75) is 33.6 Å². The number of aryl methyl sites for hydroxylation is 1. The van der Waals surface area contributed by atoms with Gasteiger partial charge in [0.1, 0.15) is 5.15 Å². The van der Waals surface area contributed by atoms with E-state index in [0.29, 0.717) is 11.1 Å². The molecule has 0 saturated heterocycles. The fourth-order valence-electron chi connectivity index (χ4n) is 1.79. The molecule has 3 nitrogen and oxygen atoms in total. The van der Waals surface area contributed by atoms with Crippen molar-refractivity contribution in [2.24, 2.45) is 5.92 Å². The van der Waals surface area contributed by atoms with Crippen molar-refractivity contribution < 1.29 is 0 Å². The first-order valence-electron chi connectivity index (χ1n) is 5.63. The van der Waals surface area contributed by atoms with Gasteiger partial charge >= 0.3 is 0 Å². The average Bonchev–Trinajstić information content (AvgIpc) is 2.60. The van der Waals surface area contributed by atoms with Gasteiger partial charge in [-0.05, 0) is 24.8 Å². The second kappa shape index (κ2) is 4.42. The molecule has 0 amide bonds. The fourth-order valence-corrected chi connectivity index (χ4v) is 2.04. The van der Waals surface area contributed by atoms with Crippen LogP contribution in [0.15, 0.2) is 12.3 Å². The Morgan fingerprint density at radius 1 is 1.44 bits per heavy atom. The van der Waals surface area contributed by atoms with Gasteiger partial charge in [0.25, 0.3) is 0 Å². The van der Waals surface area contributed by atoms with Crippen molar-refractivity contribution in [3.63, 3.8) is 0 Å². The predicted octanol–water partition coefficient (Wildman–Crippen LogP) is 3.14. The monoisotopic (exact) mass is 237 g/mol. The van der Waals surface area contributed by atoms with Gasteiger partial charge < -0.3 is 0 Å². The minimum atomic E-state index is 0.582. The highest BCUT2D eigenvalue weighted by Crippen LogP contribution is 2.18. The van der Waals surface area contributed by atoms with Crippen LogP contribution in [0.2, 0.25) is 5.15 Å². The van der Waals surface area contributed by atoms with Crippen LogP contribution in [-0.2, 0) is 12.8 Å². The molecule has 2 aromatic heterocycles. The number of hydrogen-bond donors (Lipinski definition) is 0. The van der Waals surface area contributed by atoms with E-state index in [1.807, 2.05) is 12.3 Å². The highest BCUT2D eigenvalue weighted by molar-refractivity contribution is 6.29. The number of halogens is 1. The first kappa shape index (κ1) is 11.4. The highest BCUT2D eigenvalue weighted by Gasteiger charge is 2.09. The Labute approximate surface area is 100 Å². The number of nitrogens with zero attached hydrogens (tertiary/aromatic N) is 3. The van der Waals surface area contributed by atoms with Gasteiger partial charge in [-0.1, -0.05) is 32.4 Å². The van der Waals surface area contributed by atoms with Crippen LogP contribution in [0.3, 0.4) is 0 Å². The van der Waals surface area contributed by atoms with E-state index >= 15 is 0 Å². The number of fused-ring (bicyclic) bond motifs is 1. The van der Waals surface area contributed by atoms with Crippen LogP contribution in [0.25, 0.3) is 5.65 Å². The number of hydrogen-bond acceptors (Lipinski definition) is 2. The van der Waals surface area contributed by atoms with E-state index in [-0.39, 0.29) is 0 Å². The fraction of sp³-hybridized carbons (Fsp3) is 0.500. The van der Waals surface area contributed by atoms with Crippen LogP contribution in [0.1, 0.15) is 32.0 Å². The minimum Gasteiger partial charge on any atom is -0.233 e. The number of aromatic nitrogens is 3. The standard InChI is InChI=1S/C12H16ClN3/c1-4-9-7-14-16-11(13)6-10(5-8(2)3)15-12(9)16/h6-8H,4-5H2,1-3H3. The van der Waals surface area contributed by atoms with Gasteiger partial charge in [-0.3, -0.25) is 0 Å². The van der Waals surface area contributed by atoms with E-state index in [2.05, 4.69) is 30.9 Å². The van der Waals surface area contributed by atoms with E-state index < -0.39 is 0 Å². The van der Waals surface area contributed by atoms with Crippen LogP contribution in [0, 0.1) is 5.92 Å². The average molecular weight is 238 g/mol. The first-order valence-corrected chi connectivity index (χ1v) is 6.01. The lowest BCUT2D eigenvalue weighted by molar-refractivity contribution is 0.634. The lowest BCUT2D eigenvalue weighted by Gasteiger charge is -2.06. The molecule has 0 aliphatic carbocycles. The Hall–Kier alpha value is -1.09. The SMILES string of the molecule is CCc1cnn2c(Cl)cc(CC(C)C)nc12. The molecule has 0 fully saturated rings. The molecule has 0 atom stereocenters. The summed E-state index contributed by atoms with van der Waals surface area (Å²) in [5.74, 6) is 0.582. The van der Waals surface area contributed by atoms with Crippen molar-refractivity contribution in [3.8, 4) is 0 Å². The maximum absolute atomic E-state index is 6.18. The van der Waals surface area contributed by atoms with Crippen LogP contribution in [-0.4, -0.2) is 14.6 Å². The molecule has 0 aromatic carbocycles. The third-order valence-electron chi connectivity index (χ3n) is 2.55. The Morgan fingerprint density at radius 2 is 2.19 bits per heavy atom.